The van der Waals surface area contributed by atoms with Crippen LogP contribution >= 0.6 is 0 Å². The van der Waals surface area contributed by atoms with E-state index in [-0.39, 0.29) is 32.7 Å². The van der Waals surface area contributed by atoms with E-state index in [0.717, 1.165) is 13.0 Å². The highest BCUT2D eigenvalue weighted by Crippen LogP contribution is 2.07. The van der Waals surface area contributed by atoms with Gasteiger partial charge in [-0.15, -0.1) is 6.58 Å². The largest absolute Gasteiger partial charge is 0.460 e. The molecule has 0 aliphatic rings. The predicted octanol–water partition coefficient (Wildman–Crippen LogP) is 1.17. The minimum absolute atomic E-state index is 0.0221. The number of amides is 2. The van der Waals surface area contributed by atoms with Gasteiger partial charge in [0.1, 0.15) is 25.3 Å². The van der Waals surface area contributed by atoms with Crippen LogP contribution < -0.4 is 16.0 Å². The third-order valence-corrected chi connectivity index (χ3v) is 4.14. The lowest BCUT2D eigenvalue weighted by molar-refractivity contribution is -0.145. The second-order valence-corrected chi connectivity index (χ2v) is 6.81. The molecule has 0 heterocycles. The number of urea groups is 1. The van der Waals surface area contributed by atoms with Crippen molar-refractivity contribution < 1.29 is 33.7 Å². The SMILES string of the molecule is C=CCOC(=O)C(CCCCNC)NC(=O)NC(CCC(O)OCC=C)C(=O)OCC=C. The van der Waals surface area contributed by atoms with Gasteiger partial charge in [-0.1, -0.05) is 31.4 Å². The monoisotopic (exact) mass is 455 g/mol. The van der Waals surface area contributed by atoms with Crippen molar-refractivity contribution in [1.29, 1.82) is 0 Å². The molecule has 182 valence electrons. The first kappa shape index (κ1) is 29.3. The van der Waals surface area contributed by atoms with Gasteiger partial charge in [0.15, 0.2) is 6.29 Å². The van der Waals surface area contributed by atoms with Crippen LogP contribution in [0.15, 0.2) is 38.0 Å². The van der Waals surface area contributed by atoms with Gasteiger partial charge in [-0.25, -0.2) is 14.4 Å². The minimum atomic E-state index is -1.14. The standard InChI is InChI=1S/C22H37N3O7/c1-5-14-30-19(26)12-11-18(21(28)32-16-7-3)25-22(29)24-17(10-8-9-13-23-4)20(27)31-15-6-2/h5-7,17-19,23,26H,1-3,8-16H2,4H3,(H2,24,25,29). The quantitative estimate of drug-likeness (QED) is 0.0987. The van der Waals surface area contributed by atoms with Crippen LogP contribution in [0.25, 0.3) is 0 Å². The summed E-state index contributed by atoms with van der Waals surface area (Å²) in [6.45, 7) is 11.4. The normalized spacial score (nSPS) is 13.2. The molecule has 0 aromatic rings. The summed E-state index contributed by atoms with van der Waals surface area (Å²) in [5.74, 6) is -1.29. The number of carbonyl (C=O) groups excluding carboxylic acids is 3. The zero-order valence-corrected chi connectivity index (χ0v) is 18.8. The van der Waals surface area contributed by atoms with E-state index in [1.807, 2.05) is 7.05 Å². The van der Waals surface area contributed by atoms with Crippen molar-refractivity contribution in [2.45, 2.75) is 50.5 Å². The molecular formula is C22H37N3O7. The number of unbranched alkanes of at least 4 members (excludes halogenated alkanes) is 1. The Hall–Kier alpha value is -2.69. The zero-order valence-electron chi connectivity index (χ0n) is 18.8. The summed E-state index contributed by atoms with van der Waals surface area (Å²) >= 11 is 0. The number of carbonyl (C=O) groups is 3. The van der Waals surface area contributed by atoms with Gasteiger partial charge < -0.3 is 35.3 Å². The number of hydrogen-bond acceptors (Lipinski definition) is 8. The Morgan fingerprint density at radius 2 is 1.38 bits per heavy atom. The maximum absolute atomic E-state index is 12.5. The maximum Gasteiger partial charge on any atom is 0.329 e. The molecule has 4 N–H and O–H groups in total. The number of aliphatic hydroxyl groups is 1. The van der Waals surface area contributed by atoms with E-state index in [4.69, 9.17) is 14.2 Å². The molecule has 0 radical (unpaired) electrons. The Labute approximate surface area is 190 Å². The fourth-order valence-corrected chi connectivity index (χ4v) is 2.56. The Morgan fingerprint density at radius 1 is 0.844 bits per heavy atom. The zero-order chi connectivity index (χ0) is 24.2. The minimum Gasteiger partial charge on any atom is -0.460 e. The van der Waals surface area contributed by atoms with Crippen molar-refractivity contribution in [3.63, 3.8) is 0 Å². The number of esters is 2. The lowest BCUT2D eigenvalue weighted by Gasteiger charge is -2.22. The fourth-order valence-electron chi connectivity index (χ4n) is 2.56. The first-order valence-electron chi connectivity index (χ1n) is 10.6. The van der Waals surface area contributed by atoms with Gasteiger partial charge >= 0.3 is 18.0 Å². The first-order valence-corrected chi connectivity index (χ1v) is 10.6. The van der Waals surface area contributed by atoms with Crippen molar-refractivity contribution in [3.8, 4) is 0 Å². The molecule has 0 rings (SSSR count). The molecule has 0 aromatic carbocycles. The topological polar surface area (TPSA) is 135 Å². The van der Waals surface area contributed by atoms with Gasteiger partial charge in [-0.05, 0) is 39.3 Å². The Bertz CT molecular complexity index is 598. The molecule has 10 nitrogen and oxygen atoms in total. The van der Waals surface area contributed by atoms with Crippen molar-refractivity contribution in [3.05, 3.63) is 38.0 Å². The highest BCUT2D eigenvalue weighted by molar-refractivity contribution is 5.87. The van der Waals surface area contributed by atoms with Crippen molar-refractivity contribution in [2.24, 2.45) is 0 Å². The van der Waals surface area contributed by atoms with E-state index in [1.165, 1.54) is 18.2 Å². The molecule has 2 amide bonds. The molecule has 0 aliphatic carbocycles. The van der Waals surface area contributed by atoms with E-state index in [9.17, 15) is 19.5 Å². The van der Waals surface area contributed by atoms with Crippen LogP contribution in [-0.4, -0.2) is 74.9 Å². The molecule has 3 unspecified atom stereocenters. The maximum atomic E-state index is 12.5. The predicted molar refractivity (Wildman–Crippen MR) is 121 cm³/mol. The van der Waals surface area contributed by atoms with Crippen molar-refractivity contribution in [1.82, 2.24) is 16.0 Å². The van der Waals surface area contributed by atoms with Crippen LogP contribution in [0.4, 0.5) is 4.79 Å². The van der Waals surface area contributed by atoms with Gasteiger partial charge in [0, 0.05) is 6.42 Å². The van der Waals surface area contributed by atoms with Crippen LogP contribution in [0.5, 0.6) is 0 Å². The smallest absolute Gasteiger partial charge is 0.329 e. The summed E-state index contributed by atoms with van der Waals surface area (Å²) in [7, 11) is 1.83. The van der Waals surface area contributed by atoms with Gasteiger partial charge in [-0.3, -0.25) is 0 Å². The summed E-state index contributed by atoms with van der Waals surface area (Å²) < 4.78 is 15.1. The molecule has 0 saturated heterocycles. The second kappa shape index (κ2) is 19.0. The number of ether oxygens (including phenoxy) is 3. The first-order chi connectivity index (χ1) is 15.4. The molecule has 0 bridgehead atoms. The van der Waals surface area contributed by atoms with E-state index in [2.05, 4.69) is 35.7 Å². The summed E-state index contributed by atoms with van der Waals surface area (Å²) in [5, 5.41) is 17.9. The molecular weight excluding hydrogens is 418 g/mol. The van der Waals surface area contributed by atoms with Crippen molar-refractivity contribution in [2.75, 3.05) is 33.4 Å². The van der Waals surface area contributed by atoms with Gasteiger partial charge in [0.05, 0.1) is 6.61 Å². The molecule has 0 fully saturated rings. The van der Waals surface area contributed by atoms with Crippen LogP contribution in [0.3, 0.4) is 0 Å². The van der Waals surface area contributed by atoms with Crippen LogP contribution in [-0.2, 0) is 23.8 Å². The lowest BCUT2D eigenvalue weighted by atomic mass is 10.1. The van der Waals surface area contributed by atoms with Crippen LogP contribution in [0.1, 0.15) is 32.1 Å². The van der Waals surface area contributed by atoms with E-state index in [0.29, 0.717) is 12.8 Å². The lowest BCUT2D eigenvalue weighted by Crippen LogP contribution is -2.52. The Morgan fingerprint density at radius 3 is 1.88 bits per heavy atom. The van der Waals surface area contributed by atoms with Crippen molar-refractivity contribution >= 4 is 18.0 Å². The van der Waals surface area contributed by atoms with E-state index in [1.54, 1.807) is 0 Å². The highest BCUT2D eigenvalue weighted by Gasteiger charge is 2.27. The molecule has 0 saturated carbocycles. The summed E-state index contributed by atoms with van der Waals surface area (Å²) in [4.78, 5) is 37.1. The van der Waals surface area contributed by atoms with Gasteiger partial charge in [-0.2, -0.15) is 0 Å². The fraction of sp³-hybridized carbons (Fsp3) is 0.591. The van der Waals surface area contributed by atoms with Crippen LogP contribution in [0, 0.1) is 0 Å². The molecule has 0 aromatic heterocycles. The summed E-state index contributed by atoms with van der Waals surface area (Å²) in [6, 6.07) is -2.69. The summed E-state index contributed by atoms with van der Waals surface area (Å²) in [6.07, 6.45) is 5.14. The number of hydrogen-bond donors (Lipinski definition) is 4. The molecule has 3 atom stereocenters. The molecule has 0 spiro atoms. The average molecular weight is 456 g/mol. The van der Waals surface area contributed by atoms with Gasteiger partial charge in [0.25, 0.3) is 0 Å². The van der Waals surface area contributed by atoms with E-state index < -0.39 is 36.3 Å². The number of aliphatic hydroxyl groups excluding tert-OH is 1. The molecule has 32 heavy (non-hydrogen) atoms. The number of nitrogens with one attached hydrogen (secondary N) is 3. The Balaban J connectivity index is 5.03. The summed E-state index contributed by atoms with van der Waals surface area (Å²) in [5.41, 5.74) is 0. The third kappa shape index (κ3) is 14.3. The molecule has 0 aliphatic heterocycles. The third-order valence-electron chi connectivity index (χ3n) is 4.14. The Kier molecular flexibility index (Phi) is 17.4. The molecule has 10 heteroatoms. The highest BCUT2D eigenvalue weighted by atomic mass is 16.6. The van der Waals surface area contributed by atoms with Gasteiger partial charge in [0.2, 0.25) is 0 Å². The number of rotatable bonds is 19. The van der Waals surface area contributed by atoms with E-state index >= 15 is 0 Å². The second-order valence-electron chi connectivity index (χ2n) is 6.81. The average Bonchev–Trinajstić information content (AvgIpc) is 2.78. The van der Waals surface area contributed by atoms with Crippen LogP contribution in [0.2, 0.25) is 0 Å².